The summed E-state index contributed by atoms with van der Waals surface area (Å²) >= 11 is 0. The smallest absolute Gasteiger partial charge is 0.245 e. The Morgan fingerprint density at radius 3 is 2.62 bits per heavy atom. The molecule has 2 atom stereocenters. The summed E-state index contributed by atoms with van der Waals surface area (Å²) in [5.74, 6) is 0.154. The standard InChI is InChI=1S/C15H25N3O3/c1-11(14(19)17-7-9-21-10-8-17)18-6-2-3-13(15(18)20)16-12-4-5-12/h11-13,16H,2-10H2,1H3. The number of nitrogens with one attached hydrogen (secondary N) is 1. The van der Waals surface area contributed by atoms with Crippen LogP contribution in [0.4, 0.5) is 0 Å². The van der Waals surface area contributed by atoms with E-state index in [2.05, 4.69) is 5.32 Å². The molecular formula is C15H25N3O3. The van der Waals surface area contributed by atoms with Crippen molar-refractivity contribution in [2.75, 3.05) is 32.8 Å². The Labute approximate surface area is 125 Å². The molecule has 21 heavy (non-hydrogen) atoms. The molecule has 6 nitrogen and oxygen atoms in total. The van der Waals surface area contributed by atoms with Crippen LogP contribution in [0.15, 0.2) is 0 Å². The fourth-order valence-electron chi connectivity index (χ4n) is 3.15. The van der Waals surface area contributed by atoms with Gasteiger partial charge in [0.1, 0.15) is 6.04 Å². The molecule has 3 rings (SSSR count). The van der Waals surface area contributed by atoms with Crippen molar-refractivity contribution in [1.29, 1.82) is 0 Å². The van der Waals surface area contributed by atoms with E-state index in [1.165, 1.54) is 12.8 Å². The van der Waals surface area contributed by atoms with Gasteiger partial charge in [-0.05, 0) is 32.6 Å². The molecule has 6 heteroatoms. The number of ether oxygens (including phenoxy) is 1. The molecule has 0 aromatic heterocycles. The molecule has 0 aromatic rings. The summed E-state index contributed by atoms with van der Waals surface area (Å²) in [6, 6.07) is 0.0646. The highest BCUT2D eigenvalue weighted by Gasteiger charge is 2.38. The largest absolute Gasteiger partial charge is 0.378 e. The molecule has 0 spiro atoms. The third kappa shape index (κ3) is 3.37. The Hall–Kier alpha value is -1.14. The van der Waals surface area contributed by atoms with Crippen LogP contribution >= 0.6 is 0 Å². The first-order chi connectivity index (χ1) is 10.2. The van der Waals surface area contributed by atoms with Crippen molar-refractivity contribution < 1.29 is 14.3 Å². The quantitative estimate of drug-likeness (QED) is 0.791. The highest BCUT2D eigenvalue weighted by atomic mass is 16.5. The highest BCUT2D eigenvalue weighted by molar-refractivity contribution is 5.90. The van der Waals surface area contributed by atoms with E-state index in [1.54, 1.807) is 4.90 Å². The second-order valence-corrected chi connectivity index (χ2v) is 6.28. The lowest BCUT2D eigenvalue weighted by Gasteiger charge is -2.38. The fraction of sp³-hybridized carbons (Fsp3) is 0.867. The number of hydrogen-bond donors (Lipinski definition) is 1. The lowest BCUT2D eigenvalue weighted by Crippen LogP contribution is -2.58. The number of piperidine rings is 1. The molecule has 2 amide bonds. The summed E-state index contributed by atoms with van der Waals surface area (Å²) in [4.78, 5) is 28.7. The van der Waals surface area contributed by atoms with Gasteiger partial charge in [-0.3, -0.25) is 9.59 Å². The van der Waals surface area contributed by atoms with E-state index < -0.39 is 0 Å². The fourth-order valence-corrected chi connectivity index (χ4v) is 3.15. The monoisotopic (exact) mass is 295 g/mol. The molecule has 1 saturated carbocycles. The first kappa shape index (κ1) is 14.8. The molecule has 2 saturated heterocycles. The number of carbonyl (C=O) groups excluding carboxylic acids is 2. The van der Waals surface area contributed by atoms with Crippen LogP contribution in [0.3, 0.4) is 0 Å². The Balaban J connectivity index is 1.60. The third-order valence-electron chi connectivity index (χ3n) is 4.63. The molecule has 1 aliphatic carbocycles. The van der Waals surface area contributed by atoms with Crippen molar-refractivity contribution in [1.82, 2.24) is 15.1 Å². The minimum atomic E-state index is -0.362. The van der Waals surface area contributed by atoms with Gasteiger partial charge in [-0.1, -0.05) is 0 Å². The van der Waals surface area contributed by atoms with Crippen molar-refractivity contribution in [3.8, 4) is 0 Å². The summed E-state index contributed by atoms with van der Waals surface area (Å²) in [6.07, 6.45) is 4.21. The van der Waals surface area contributed by atoms with E-state index in [4.69, 9.17) is 4.74 Å². The van der Waals surface area contributed by atoms with Crippen LogP contribution in [0, 0.1) is 0 Å². The van der Waals surface area contributed by atoms with E-state index in [1.807, 2.05) is 11.8 Å². The zero-order valence-corrected chi connectivity index (χ0v) is 12.7. The van der Waals surface area contributed by atoms with Gasteiger partial charge in [0.25, 0.3) is 0 Å². The second kappa shape index (κ2) is 6.32. The molecule has 118 valence electrons. The number of morpholine rings is 1. The topological polar surface area (TPSA) is 61.9 Å². The Kier molecular flexibility index (Phi) is 4.45. The van der Waals surface area contributed by atoms with Gasteiger partial charge in [-0.2, -0.15) is 0 Å². The number of rotatable bonds is 4. The van der Waals surface area contributed by atoms with Crippen molar-refractivity contribution in [3.63, 3.8) is 0 Å². The van der Waals surface area contributed by atoms with Gasteiger partial charge in [-0.15, -0.1) is 0 Å². The van der Waals surface area contributed by atoms with Crippen molar-refractivity contribution in [2.24, 2.45) is 0 Å². The van der Waals surface area contributed by atoms with Gasteiger partial charge in [-0.25, -0.2) is 0 Å². The highest BCUT2D eigenvalue weighted by Crippen LogP contribution is 2.23. The Morgan fingerprint density at radius 2 is 1.95 bits per heavy atom. The molecule has 2 unspecified atom stereocenters. The maximum atomic E-state index is 12.6. The van der Waals surface area contributed by atoms with Crippen LogP contribution in [0.5, 0.6) is 0 Å². The SMILES string of the molecule is CC(C(=O)N1CCOCC1)N1CCCC(NC2CC2)C1=O. The molecular weight excluding hydrogens is 270 g/mol. The number of likely N-dealkylation sites (tertiary alicyclic amines) is 1. The second-order valence-electron chi connectivity index (χ2n) is 6.28. The lowest BCUT2D eigenvalue weighted by atomic mass is 10.0. The molecule has 0 aromatic carbocycles. The van der Waals surface area contributed by atoms with Crippen LogP contribution < -0.4 is 5.32 Å². The van der Waals surface area contributed by atoms with Gasteiger partial charge in [0.2, 0.25) is 11.8 Å². The average Bonchev–Trinajstić information content (AvgIpc) is 3.33. The maximum Gasteiger partial charge on any atom is 0.245 e. The van der Waals surface area contributed by atoms with E-state index in [0.717, 1.165) is 12.8 Å². The first-order valence-corrected chi connectivity index (χ1v) is 8.10. The molecule has 3 aliphatic rings. The predicted molar refractivity (Wildman–Crippen MR) is 77.8 cm³/mol. The number of carbonyl (C=O) groups is 2. The minimum Gasteiger partial charge on any atom is -0.378 e. The van der Waals surface area contributed by atoms with E-state index in [9.17, 15) is 9.59 Å². The van der Waals surface area contributed by atoms with Crippen LogP contribution in [0.2, 0.25) is 0 Å². The molecule has 1 N–H and O–H groups in total. The van der Waals surface area contributed by atoms with Crippen LogP contribution in [0.25, 0.3) is 0 Å². The molecule has 0 bridgehead atoms. The Bertz CT molecular complexity index is 405. The summed E-state index contributed by atoms with van der Waals surface area (Å²) < 4.78 is 5.28. The molecule has 2 heterocycles. The van der Waals surface area contributed by atoms with Gasteiger partial charge in [0.05, 0.1) is 19.3 Å². The van der Waals surface area contributed by atoms with Gasteiger partial charge < -0.3 is 19.9 Å². The Morgan fingerprint density at radius 1 is 1.24 bits per heavy atom. The van der Waals surface area contributed by atoms with Gasteiger partial charge in [0.15, 0.2) is 0 Å². The zero-order valence-electron chi connectivity index (χ0n) is 12.7. The number of amides is 2. The van der Waals surface area contributed by atoms with Crippen LogP contribution in [0.1, 0.15) is 32.6 Å². The summed E-state index contributed by atoms with van der Waals surface area (Å²) in [7, 11) is 0. The lowest BCUT2D eigenvalue weighted by molar-refractivity contribution is -0.150. The van der Waals surface area contributed by atoms with E-state index >= 15 is 0 Å². The number of nitrogens with zero attached hydrogens (tertiary/aromatic N) is 2. The maximum absolute atomic E-state index is 12.6. The normalized spacial score (nSPS) is 28.6. The minimum absolute atomic E-state index is 0.0544. The van der Waals surface area contributed by atoms with Crippen molar-refractivity contribution >= 4 is 11.8 Å². The summed E-state index contributed by atoms with van der Waals surface area (Å²) in [6.45, 7) is 5.01. The first-order valence-electron chi connectivity index (χ1n) is 8.10. The van der Waals surface area contributed by atoms with E-state index in [-0.39, 0.29) is 23.9 Å². The predicted octanol–water partition coefficient (Wildman–Crippen LogP) is -0.0233. The van der Waals surface area contributed by atoms with Gasteiger partial charge >= 0.3 is 0 Å². The average molecular weight is 295 g/mol. The van der Waals surface area contributed by atoms with Crippen LogP contribution in [-0.2, 0) is 14.3 Å². The molecule has 0 radical (unpaired) electrons. The van der Waals surface area contributed by atoms with E-state index in [0.29, 0.717) is 38.9 Å². The van der Waals surface area contributed by atoms with Crippen molar-refractivity contribution in [2.45, 2.75) is 50.7 Å². The van der Waals surface area contributed by atoms with Crippen molar-refractivity contribution in [3.05, 3.63) is 0 Å². The zero-order chi connectivity index (χ0) is 14.8. The molecule has 3 fully saturated rings. The summed E-state index contributed by atoms with van der Waals surface area (Å²) in [5, 5.41) is 3.41. The van der Waals surface area contributed by atoms with Crippen LogP contribution in [-0.4, -0.2) is 72.6 Å². The summed E-state index contributed by atoms with van der Waals surface area (Å²) in [5.41, 5.74) is 0. The van der Waals surface area contributed by atoms with Gasteiger partial charge in [0, 0.05) is 25.7 Å². The number of hydrogen-bond acceptors (Lipinski definition) is 4. The molecule has 2 aliphatic heterocycles. The third-order valence-corrected chi connectivity index (χ3v) is 4.63.